The predicted molar refractivity (Wildman–Crippen MR) is 118 cm³/mol. The largest absolute Gasteiger partial charge is 0.493 e. The van der Waals surface area contributed by atoms with Gasteiger partial charge in [-0.05, 0) is 47.9 Å². The van der Waals surface area contributed by atoms with Gasteiger partial charge >= 0.3 is 5.97 Å². The topological polar surface area (TPSA) is 74.0 Å². The summed E-state index contributed by atoms with van der Waals surface area (Å²) in [4.78, 5) is 14.0. The van der Waals surface area contributed by atoms with Crippen LogP contribution in [0.5, 0.6) is 11.5 Å². The summed E-state index contributed by atoms with van der Waals surface area (Å²) in [5, 5.41) is 0. The van der Waals surface area contributed by atoms with E-state index in [0.29, 0.717) is 11.3 Å². The lowest BCUT2D eigenvalue weighted by molar-refractivity contribution is -0.160. The SMILES string of the molecule is [2H]C1C(OC(=O)[C@@H](N)C(C)C)C([2H])(C([2H])([2H])C([2H])(C)C([2H])([2H])[2H])C([2H])([2H])N2CCc3cc(OC)c(OC)cc3C12[2H]. The average molecular weight is 430 g/mol. The van der Waals surface area contributed by atoms with Crippen molar-refractivity contribution in [3.05, 3.63) is 23.3 Å². The molecule has 6 atom stereocenters. The van der Waals surface area contributed by atoms with Crippen LogP contribution >= 0.6 is 0 Å². The number of methoxy groups -OCH3 is 2. The first-order valence-electron chi connectivity index (χ1n) is 15.5. The number of nitrogens with two attached hydrogens (primary N) is 1. The predicted octanol–water partition coefficient (Wildman–Crippen LogP) is 3.56. The highest BCUT2D eigenvalue weighted by Crippen LogP contribution is 2.44. The molecule has 0 amide bonds. The molecule has 2 aliphatic rings. The van der Waals surface area contributed by atoms with E-state index in [4.69, 9.17) is 30.9 Å². The second kappa shape index (κ2) is 9.56. The third-order valence-electron chi connectivity index (χ3n) is 5.19. The summed E-state index contributed by atoms with van der Waals surface area (Å²) in [6.07, 6.45) is -7.90. The zero-order chi connectivity index (χ0) is 31.7. The molecule has 0 aromatic heterocycles. The normalized spacial score (nSPS) is 42.2. The maximum absolute atomic E-state index is 13.1. The summed E-state index contributed by atoms with van der Waals surface area (Å²) in [5.41, 5.74) is 6.54. The highest BCUT2D eigenvalue weighted by atomic mass is 16.5. The lowest BCUT2D eigenvalue weighted by Gasteiger charge is -2.47. The Balaban J connectivity index is 2.38. The minimum absolute atomic E-state index is 0.0894. The fourth-order valence-corrected chi connectivity index (χ4v) is 3.47. The van der Waals surface area contributed by atoms with Crippen LogP contribution in [0.3, 0.4) is 0 Å². The van der Waals surface area contributed by atoms with Gasteiger partial charge in [-0.25, -0.2) is 0 Å². The molecule has 0 bridgehead atoms. The molecule has 6 heteroatoms. The first-order chi connectivity index (χ1) is 18.5. The summed E-state index contributed by atoms with van der Waals surface area (Å²) in [6.45, 7) is -2.97. The standard InChI is InChI=1S/C24H38N2O4/c1-14(2)9-17-13-26-8-7-16-10-21(28-5)22(29-6)11-18(16)19(26)12-20(17)30-24(27)23(25)15(3)4/h10-11,14-15,17,19-20,23H,7-9,12-13,25H2,1-6H3/t17?,19?,20?,23-/m0/s1/i1D3,9D2,12D,13D2,14D,17D,19D/t12?,14?,17?,19?,20?,23-. The smallest absolute Gasteiger partial charge is 0.323 e. The lowest BCUT2D eigenvalue weighted by Crippen LogP contribution is -2.51. The second-order valence-corrected chi connectivity index (χ2v) is 7.72. The van der Waals surface area contributed by atoms with Crippen LogP contribution in [-0.4, -0.2) is 50.3 Å². The van der Waals surface area contributed by atoms with Crippen molar-refractivity contribution < 1.29 is 34.1 Å². The third kappa shape index (κ3) is 4.75. The molecule has 2 aliphatic heterocycles. The number of ether oxygens (including phenoxy) is 3. The Morgan fingerprint density at radius 1 is 1.40 bits per heavy atom. The molecule has 1 fully saturated rings. The second-order valence-electron chi connectivity index (χ2n) is 7.72. The van der Waals surface area contributed by atoms with Crippen LogP contribution in [0.15, 0.2) is 12.1 Å². The fraction of sp³-hybridized carbons (Fsp3) is 0.708. The molecule has 3 rings (SSSR count). The first kappa shape index (κ1) is 12.3. The van der Waals surface area contributed by atoms with Crippen molar-refractivity contribution in [2.45, 2.75) is 65.0 Å². The number of esters is 1. The van der Waals surface area contributed by atoms with Gasteiger partial charge in [0.2, 0.25) is 0 Å². The van der Waals surface area contributed by atoms with E-state index in [1.807, 2.05) is 0 Å². The van der Waals surface area contributed by atoms with E-state index in [1.54, 1.807) is 19.9 Å². The molecule has 6 nitrogen and oxygen atoms in total. The molecule has 2 heterocycles. The first-order valence-corrected chi connectivity index (χ1v) is 9.91. The number of piperidine rings is 1. The summed E-state index contributed by atoms with van der Waals surface area (Å²) < 4.78 is 113. The van der Waals surface area contributed by atoms with Gasteiger partial charge in [0.25, 0.3) is 0 Å². The molecule has 5 unspecified atom stereocenters. The number of carbonyl (C=O) groups is 1. The molecule has 30 heavy (non-hydrogen) atoms. The maximum Gasteiger partial charge on any atom is 0.323 e. The number of hydrogen-bond acceptors (Lipinski definition) is 6. The summed E-state index contributed by atoms with van der Waals surface area (Å²) in [7, 11) is 2.76. The number of nitrogens with zero attached hydrogens (tertiary/aromatic N) is 1. The molecule has 1 aromatic carbocycles. The monoisotopic (exact) mass is 429 g/mol. The van der Waals surface area contributed by atoms with Crippen LogP contribution in [0.2, 0.25) is 0 Å². The van der Waals surface area contributed by atoms with Gasteiger partial charge in [-0.3, -0.25) is 9.69 Å². The highest BCUT2D eigenvalue weighted by Gasteiger charge is 2.41. The fourth-order valence-electron chi connectivity index (χ4n) is 3.47. The summed E-state index contributed by atoms with van der Waals surface area (Å²) in [5.74, 6) is -7.67. The van der Waals surface area contributed by atoms with Crippen molar-refractivity contribution in [2.75, 3.05) is 27.3 Å². The van der Waals surface area contributed by atoms with Crippen molar-refractivity contribution in [1.82, 2.24) is 4.90 Å². The minimum atomic E-state index is -3.57. The Morgan fingerprint density at radius 3 is 2.73 bits per heavy atom. The molecule has 0 aliphatic carbocycles. The molecular formula is C24H38N2O4. The van der Waals surface area contributed by atoms with E-state index in [2.05, 4.69) is 0 Å². The van der Waals surface area contributed by atoms with E-state index in [9.17, 15) is 8.91 Å². The van der Waals surface area contributed by atoms with Crippen LogP contribution in [-0.2, 0) is 16.0 Å². The van der Waals surface area contributed by atoms with Crippen molar-refractivity contribution in [2.24, 2.45) is 23.4 Å². The molecular weight excluding hydrogens is 380 g/mol. The zero-order valence-corrected chi connectivity index (χ0v) is 18.0. The maximum atomic E-state index is 13.1. The van der Waals surface area contributed by atoms with Gasteiger partial charge in [-0.2, -0.15) is 0 Å². The molecule has 1 saturated heterocycles. The van der Waals surface area contributed by atoms with Crippen LogP contribution in [0.1, 0.15) is 72.6 Å². The molecule has 0 spiro atoms. The molecule has 2 N–H and O–H groups in total. The van der Waals surface area contributed by atoms with Crippen LogP contribution < -0.4 is 15.2 Å². The average Bonchev–Trinajstić information content (AvgIpc) is 2.87. The Hall–Kier alpha value is -1.79. The Morgan fingerprint density at radius 2 is 2.10 bits per heavy atom. The summed E-state index contributed by atoms with van der Waals surface area (Å²) in [6, 6.07) is -0.706. The Kier molecular flexibility index (Phi) is 3.92. The van der Waals surface area contributed by atoms with Gasteiger partial charge in [-0.15, -0.1) is 0 Å². The van der Waals surface area contributed by atoms with E-state index >= 15 is 0 Å². The van der Waals surface area contributed by atoms with Crippen molar-refractivity contribution >= 4 is 5.97 Å². The quantitative estimate of drug-likeness (QED) is 0.668. The Bertz CT molecular complexity index is 1180. The van der Waals surface area contributed by atoms with Crippen molar-refractivity contribution in [3.63, 3.8) is 0 Å². The lowest BCUT2D eigenvalue weighted by atomic mass is 9.79. The third-order valence-corrected chi connectivity index (χ3v) is 5.19. The number of carbonyl (C=O) groups excluding carboxylic acids is 1. The van der Waals surface area contributed by atoms with Crippen molar-refractivity contribution in [3.8, 4) is 11.5 Å². The van der Waals surface area contributed by atoms with Crippen molar-refractivity contribution in [1.29, 1.82) is 0 Å². The molecule has 0 radical (unpaired) electrons. The van der Waals surface area contributed by atoms with Crippen LogP contribution in [0.4, 0.5) is 0 Å². The van der Waals surface area contributed by atoms with E-state index in [-0.39, 0.29) is 24.3 Å². The number of benzene rings is 1. The molecule has 0 saturated carbocycles. The van der Waals surface area contributed by atoms with Crippen LogP contribution in [0.25, 0.3) is 0 Å². The minimum Gasteiger partial charge on any atom is -0.493 e. The summed E-state index contributed by atoms with van der Waals surface area (Å²) >= 11 is 0. The number of rotatable bonds is 7. The van der Waals surface area contributed by atoms with Crippen LogP contribution in [0, 0.1) is 17.7 Å². The van der Waals surface area contributed by atoms with Gasteiger partial charge in [-0.1, -0.05) is 27.6 Å². The van der Waals surface area contributed by atoms with Gasteiger partial charge < -0.3 is 19.9 Å². The van der Waals surface area contributed by atoms with Gasteiger partial charge in [0.15, 0.2) is 11.5 Å². The van der Waals surface area contributed by atoms with Gasteiger partial charge in [0.1, 0.15) is 12.1 Å². The van der Waals surface area contributed by atoms with Gasteiger partial charge in [0.05, 0.1) is 15.6 Å². The van der Waals surface area contributed by atoms with E-state index < -0.39 is 68.0 Å². The Labute approximate surface area is 196 Å². The van der Waals surface area contributed by atoms with E-state index in [1.165, 1.54) is 20.3 Å². The number of fused-ring (bicyclic) bond motifs is 3. The number of hydrogen-bond donors (Lipinski definition) is 1. The highest BCUT2D eigenvalue weighted by molar-refractivity contribution is 5.76. The van der Waals surface area contributed by atoms with Gasteiger partial charge in [0, 0.05) is 45.1 Å². The zero-order valence-electron chi connectivity index (χ0n) is 29.0. The molecule has 168 valence electrons. The molecule has 1 aromatic rings. The van der Waals surface area contributed by atoms with E-state index in [0.717, 1.165) is 11.8 Å².